The number of rotatable bonds is 14. The van der Waals surface area contributed by atoms with Crippen molar-refractivity contribution in [3.63, 3.8) is 0 Å². The molecule has 0 bridgehead atoms. The smallest absolute Gasteiger partial charge is 0.0462 e. The number of allylic oxidation sites excluding steroid dienone is 2. The Kier molecular flexibility index (Phi) is 21.6. The summed E-state index contributed by atoms with van der Waals surface area (Å²) in [5.74, 6) is 0. The van der Waals surface area contributed by atoms with Crippen LogP contribution >= 0.6 is 41.7 Å². The van der Waals surface area contributed by atoms with Crippen molar-refractivity contribution in [2.45, 2.75) is 65.2 Å². The Bertz CT molecular complexity index is 4430. The summed E-state index contributed by atoms with van der Waals surface area (Å²) < 4.78 is 0. The molecule has 0 aromatic heterocycles. The second-order valence-corrected chi connectivity index (χ2v) is 38.5. The van der Waals surface area contributed by atoms with Gasteiger partial charge >= 0.3 is 0 Å². The van der Waals surface area contributed by atoms with Crippen LogP contribution in [0.1, 0.15) is 72.2 Å². The molecule has 0 spiro atoms. The second kappa shape index (κ2) is 30.3. The standard InChI is InChI=1S/C80H64N2.2C3H6.H7P5/c1-55-25-37-67(38-26-55)81(65-21-13-7-14-22-65)68-39-28-59(29-40-68)62-34-46-71-72-47-35-63(51-76(72)79(3,4)75(71)50-62)60-30-41-69(42-31-60)82(66-23-15-8-16-24-66)70-43-32-61(33-44-70)64-36-48-74-73-45-27-56(2)49-77(73)80(78(74)52-64,53-57-17-9-5-10-18-57)54-58-19-11-6-12-20-58;2*1-3-2;1-4-5(2)3/h5-52H,53-54H2,1-4H3;2*3H,1H2,2H3;4H,1-3H2. The maximum atomic E-state index is 3.36. The fourth-order valence-electron chi connectivity index (χ4n) is 13.4. The van der Waals surface area contributed by atoms with Crippen molar-refractivity contribution in [1.82, 2.24) is 0 Å². The van der Waals surface area contributed by atoms with Crippen molar-refractivity contribution in [2.24, 2.45) is 0 Å². The third kappa shape index (κ3) is 14.7. The highest BCUT2D eigenvalue weighted by atomic mass is 32.8. The molecular formula is C86H83N2P5. The molecular weight excluding hydrogens is 1220 g/mol. The number of nitrogens with zero attached hydrogens (tertiary/aromatic N) is 2. The molecule has 0 N–H and O–H groups in total. The van der Waals surface area contributed by atoms with Crippen LogP contribution in [0.5, 0.6) is 0 Å². The van der Waals surface area contributed by atoms with Crippen molar-refractivity contribution in [2.75, 3.05) is 9.80 Å². The highest BCUT2D eigenvalue weighted by Gasteiger charge is 2.44. The van der Waals surface area contributed by atoms with Gasteiger partial charge in [-0.25, -0.2) is 0 Å². The Labute approximate surface area is 563 Å². The zero-order valence-electron chi connectivity index (χ0n) is 54.3. The third-order valence-electron chi connectivity index (χ3n) is 17.7. The lowest BCUT2D eigenvalue weighted by molar-refractivity contribution is 0.520. The maximum Gasteiger partial charge on any atom is 0.0462 e. The summed E-state index contributed by atoms with van der Waals surface area (Å²) in [6.45, 7) is 19.9. The number of para-hydroxylation sites is 2. The summed E-state index contributed by atoms with van der Waals surface area (Å²) in [5, 5.41) is 0. The van der Waals surface area contributed by atoms with Gasteiger partial charge in [-0.1, -0.05) is 245 Å². The van der Waals surface area contributed by atoms with E-state index >= 15 is 0 Å². The van der Waals surface area contributed by atoms with Gasteiger partial charge in [0.2, 0.25) is 0 Å². The highest BCUT2D eigenvalue weighted by molar-refractivity contribution is 8.77. The summed E-state index contributed by atoms with van der Waals surface area (Å²) in [6.07, 6.45) is 5.34. The Hall–Kier alpha value is -8.13. The summed E-state index contributed by atoms with van der Waals surface area (Å²) in [6, 6.07) is 108. The lowest BCUT2D eigenvalue weighted by Crippen LogP contribution is -2.31. The van der Waals surface area contributed by atoms with E-state index in [4.69, 9.17) is 0 Å². The molecule has 0 amide bonds. The monoisotopic (exact) mass is 1300 g/mol. The second-order valence-electron chi connectivity index (χ2n) is 24.5. The molecule has 0 saturated carbocycles. The number of aryl methyl sites for hydroxylation is 2. The minimum atomic E-state index is -0.235. The van der Waals surface area contributed by atoms with Crippen molar-refractivity contribution in [3.05, 3.63) is 361 Å². The van der Waals surface area contributed by atoms with E-state index < -0.39 is 0 Å². The number of anilines is 6. The van der Waals surface area contributed by atoms with E-state index in [1.807, 2.05) is 13.8 Å². The largest absolute Gasteiger partial charge is 0.311 e. The fraction of sp³-hybridized carbons (Fsp3) is 0.116. The van der Waals surface area contributed by atoms with Crippen LogP contribution in [0.4, 0.5) is 34.1 Å². The zero-order valence-corrected chi connectivity index (χ0v) is 59.6. The van der Waals surface area contributed by atoms with Crippen molar-refractivity contribution in [1.29, 1.82) is 0 Å². The summed E-state index contributed by atoms with van der Waals surface area (Å²) in [7, 11) is 9.24. The Morgan fingerprint density at radius 2 is 0.613 bits per heavy atom. The Morgan fingerprint density at radius 3 is 0.957 bits per heavy atom. The van der Waals surface area contributed by atoms with Crippen LogP contribution < -0.4 is 9.80 Å². The molecule has 0 saturated heterocycles. The molecule has 0 radical (unpaired) electrons. The molecule has 4 atom stereocenters. The first-order chi connectivity index (χ1) is 45.3. The quantitative estimate of drug-likeness (QED) is 0.0791. The third-order valence-corrected chi connectivity index (χ3v) is 29.7. The van der Waals surface area contributed by atoms with E-state index in [2.05, 4.69) is 369 Å². The van der Waals surface area contributed by atoms with Gasteiger partial charge in [-0.3, -0.25) is 0 Å². The van der Waals surface area contributed by atoms with E-state index in [1.165, 1.54) is 100 Å². The first-order valence-electron chi connectivity index (χ1n) is 31.9. The van der Waals surface area contributed by atoms with Crippen LogP contribution in [0.25, 0.3) is 55.6 Å². The van der Waals surface area contributed by atoms with E-state index in [0.717, 1.165) is 54.9 Å². The lowest BCUT2D eigenvalue weighted by Gasteiger charge is -2.33. The van der Waals surface area contributed by atoms with E-state index in [0.29, 0.717) is 0 Å². The predicted octanol–water partition coefficient (Wildman–Crippen LogP) is 26.1. The van der Waals surface area contributed by atoms with Gasteiger partial charge in [0.25, 0.3) is 0 Å². The summed E-state index contributed by atoms with van der Waals surface area (Å²) in [5.41, 5.74) is 29.7. The lowest BCUT2D eigenvalue weighted by atomic mass is 9.69. The molecule has 0 fully saturated rings. The van der Waals surface area contributed by atoms with Crippen molar-refractivity contribution < 1.29 is 0 Å². The molecule has 7 heteroatoms. The zero-order chi connectivity index (χ0) is 65.1. The molecule has 2 aliphatic rings. The number of benzene rings is 12. The predicted molar refractivity (Wildman–Crippen MR) is 422 cm³/mol. The molecule has 12 aromatic carbocycles. The Balaban J connectivity index is 0.000000749. The summed E-state index contributed by atoms with van der Waals surface area (Å²) in [4.78, 5) is 4.70. The summed E-state index contributed by atoms with van der Waals surface area (Å²) >= 11 is 0. The van der Waals surface area contributed by atoms with Crippen LogP contribution in [0.2, 0.25) is 0 Å². The highest BCUT2D eigenvalue weighted by Crippen LogP contribution is 2.71. The van der Waals surface area contributed by atoms with E-state index in [-0.39, 0.29) is 17.8 Å². The molecule has 12 aromatic rings. The minimum Gasteiger partial charge on any atom is -0.311 e. The van der Waals surface area contributed by atoms with Gasteiger partial charge in [0, 0.05) is 45.0 Å². The van der Waals surface area contributed by atoms with Gasteiger partial charge in [-0.05, 0) is 228 Å². The molecule has 2 aliphatic carbocycles. The maximum absolute atomic E-state index is 3.36. The van der Waals surface area contributed by atoms with Crippen molar-refractivity contribution >= 4 is 75.9 Å². The van der Waals surface area contributed by atoms with E-state index in [9.17, 15) is 0 Å². The molecule has 93 heavy (non-hydrogen) atoms. The first-order valence-corrected chi connectivity index (χ1v) is 40.1. The fourth-order valence-corrected chi connectivity index (χ4v) is 13.4. The minimum absolute atomic E-state index is 0.181. The SMILES string of the molecule is C=CC.C=CC.Cc1ccc(N(c2ccccc2)c2ccc(-c3ccc4c(c3)C(C)(C)c3cc(-c5ccc(N(c6ccccc6)c6ccc(-c7ccc8c(c7)C(Cc7ccccc7)(Cc7ccccc7)c7cc(C)ccc7-8)cc6)cc5)ccc3-4)cc2)cc1.PPP(P)P. The number of hydrogen-bond acceptors (Lipinski definition) is 2. The molecule has 2 nitrogen and oxygen atoms in total. The number of fused-ring (bicyclic) bond motifs is 6. The Morgan fingerprint density at radius 1 is 0.355 bits per heavy atom. The average molecular weight is 1300 g/mol. The average Bonchev–Trinajstić information content (AvgIpc) is 1.58. The molecule has 0 heterocycles. The first kappa shape index (κ1) is 66.3. The van der Waals surface area contributed by atoms with Gasteiger partial charge in [0.05, 0.1) is 0 Å². The van der Waals surface area contributed by atoms with Gasteiger partial charge in [-0.15, -0.1) is 39.9 Å². The topological polar surface area (TPSA) is 6.48 Å². The molecule has 0 aliphatic heterocycles. The molecule has 14 rings (SSSR count). The normalized spacial score (nSPS) is 12.5. The van der Waals surface area contributed by atoms with Crippen LogP contribution in [0.15, 0.2) is 316 Å². The van der Waals surface area contributed by atoms with Crippen LogP contribution in [-0.2, 0) is 23.7 Å². The molecule has 462 valence electrons. The number of hydrogen-bond donors (Lipinski definition) is 0. The van der Waals surface area contributed by atoms with E-state index in [1.54, 1.807) is 12.2 Å². The van der Waals surface area contributed by atoms with Crippen LogP contribution in [0, 0.1) is 13.8 Å². The molecule has 4 unspecified atom stereocenters. The van der Waals surface area contributed by atoms with Crippen LogP contribution in [-0.4, -0.2) is 0 Å². The van der Waals surface area contributed by atoms with Crippen LogP contribution in [0.3, 0.4) is 0 Å². The van der Waals surface area contributed by atoms with Gasteiger partial charge in [0.1, 0.15) is 0 Å². The van der Waals surface area contributed by atoms with Crippen molar-refractivity contribution in [3.8, 4) is 55.6 Å². The van der Waals surface area contributed by atoms with Gasteiger partial charge in [-0.2, -0.15) is 0 Å². The van der Waals surface area contributed by atoms with Gasteiger partial charge < -0.3 is 9.80 Å². The van der Waals surface area contributed by atoms with Gasteiger partial charge in [0.15, 0.2) is 0 Å².